The number of rotatable bonds is 4. The Balaban J connectivity index is 0.00000182. The van der Waals surface area contributed by atoms with Gasteiger partial charge in [-0.2, -0.15) is 11.3 Å². The van der Waals surface area contributed by atoms with Gasteiger partial charge < -0.3 is 14.7 Å². The first-order valence-electron chi connectivity index (χ1n) is 8.56. The van der Waals surface area contributed by atoms with Crippen LogP contribution in [0, 0.1) is 19.3 Å². The highest BCUT2D eigenvalue weighted by Gasteiger charge is 2.58. The Bertz CT molecular complexity index is 718. The van der Waals surface area contributed by atoms with Gasteiger partial charge in [-0.25, -0.2) is 0 Å². The second-order valence-corrected chi connectivity index (χ2v) is 7.88. The summed E-state index contributed by atoms with van der Waals surface area (Å²) in [5, 5.41) is 11.6. The van der Waals surface area contributed by atoms with Crippen LogP contribution in [0.15, 0.2) is 21.3 Å². The van der Waals surface area contributed by atoms with Gasteiger partial charge in [-0.1, -0.05) is 5.16 Å². The molecule has 1 aliphatic carbocycles. The van der Waals surface area contributed by atoms with Crippen LogP contribution in [-0.4, -0.2) is 35.1 Å². The van der Waals surface area contributed by atoms with Crippen LogP contribution in [0.3, 0.4) is 0 Å². The number of hydrogen-bond acceptors (Lipinski definition) is 5. The number of carbonyl (C=O) groups is 1. The highest BCUT2D eigenvalue weighted by molar-refractivity contribution is 7.07. The molecule has 25 heavy (non-hydrogen) atoms. The van der Waals surface area contributed by atoms with Gasteiger partial charge in [-0.05, 0) is 74.0 Å². The number of nitrogens with one attached hydrogen (secondary N) is 1. The second kappa shape index (κ2) is 7.09. The van der Waals surface area contributed by atoms with Gasteiger partial charge in [0, 0.05) is 12.6 Å². The van der Waals surface area contributed by atoms with Crippen LogP contribution in [0.2, 0.25) is 0 Å². The zero-order valence-corrected chi connectivity index (χ0v) is 16.2. The molecule has 1 spiro atoms. The fraction of sp³-hybridized carbons (Fsp3) is 0.556. The van der Waals surface area contributed by atoms with E-state index in [0.29, 0.717) is 35.0 Å². The molecular weight excluding hydrogens is 358 g/mol. The number of nitrogens with zero attached hydrogens (tertiary/aromatic N) is 2. The maximum atomic E-state index is 13.3. The first-order valence-corrected chi connectivity index (χ1v) is 9.51. The smallest absolute Gasteiger partial charge is 0.259 e. The van der Waals surface area contributed by atoms with Crippen molar-refractivity contribution >= 4 is 29.7 Å². The van der Waals surface area contributed by atoms with Crippen LogP contribution >= 0.6 is 23.7 Å². The molecule has 136 valence electrons. The molecule has 5 nitrogen and oxygen atoms in total. The molecule has 1 amide bonds. The third-order valence-electron chi connectivity index (χ3n) is 5.56. The Labute approximate surface area is 158 Å². The van der Waals surface area contributed by atoms with Gasteiger partial charge in [0.1, 0.15) is 11.3 Å². The van der Waals surface area contributed by atoms with E-state index in [2.05, 4.69) is 32.2 Å². The zero-order valence-electron chi connectivity index (χ0n) is 14.6. The SMILES string of the molecule is Cc1noc(C)c1C(=O)N(Cc1ccsc1)C1CC12CCNCC2.Cl. The summed E-state index contributed by atoms with van der Waals surface area (Å²) < 4.78 is 5.23. The summed E-state index contributed by atoms with van der Waals surface area (Å²) in [4.78, 5) is 15.4. The van der Waals surface area contributed by atoms with Gasteiger partial charge in [0.15, 0.2) is 0 Å². The summed E-state index contributed by atoms with van der Waals surface area (Å²) >= 11 is 1.68. The van der Waals surface area contributed by atoms with Crippen LogP contribution in [0.5, 0.6) is 0 Å². The quantitative estimate of drug-likeness (QED) is 0.879. The van der Waals surface area contributed by atoms with Crippen molar-refractivity contribution in [1.82, 2.24) is 15.4 Å². The summed E-state index contributed by atoms with van der Waals surface area (Å²) in [6, 6.07) is 2.44. The molecule has 2 aromatic rings. The fourth-order valence-corrected chi connectivity index (χ4v) is 4.72. The minimum Gasteiger partial charge on any atom is -0.361 e. The van der Waals surface area contributed by atoms with E-state index in [4.69, 9.17) is 4.52 Å². The molecular formula is C18H24ClN3O2S. The Kier molecular flexibility index (Phi) is 5.23. The van der Waals surface area contributed by atoms with Crippen molar-refractivity contribution in [2.24, 2.45) is 5.41 Å². The summed E-state index contributed by atoms with van der Waals surface area (Å²) in [5.41, 5.74) is 2.85. The lowest BCUT2D eigenvalue weighted by Gasteiger charge is -2.29. The van der Waals surface area contributed by atoms with E-state index in [1.165, 1.54) is 5.56 Å². The predicted molar refractivity (Wildman–Crippen MR) is 100 cm³/mol. The third-order valence-corrected chi connectivity index (χ3v) is 6.30. The first-order chi connectivity index (χ1) is 11.6. The van der Waals surface area contributed by atoms with E-state index in [1.54, 1.807) is 11.3 Å². The molecule has 3 heterocycles. The molecule has 2 aromatic heterocycles. The molecule has 0 radical (unpaired) electrons. The van der Waals surface area contributed by atoms with E-state index < -0.39 is 0 Å². The van der Waals surface area contributed by atoms with Gasteiger partial charge in [-0.15, -0.1) is 12.4 Å². The van der Waals surface area contributed by atoms with Crippen molar-refractivity contribution in [3.05, 3.63) is 39.4 Å². The molecule has 7 heteroatoms. The Morgan fingerprint density at radius 1 is 1.44 bits per heavy atom. The predicted octanol–water partition coefficient (Wildman–Crippen LogP) is 3.56. The summed E-state index contributed by atoms with van der Waals surface area (Å²) in [7, 11) is 0. The Hall–Kier alpha value is -1.37. The van der Waals surface area contributed by atoms with Gasteiger partial charge in [0.2, 0.25) is 0 Å². The van der Waals surface area contributed by atoms with Crippen molar-refractivity contribution in [2.75, 3.05) is 13.1 Å². The highest BCUT2D eigenvalue weighted by atomic mass is 35.5. The normalized spacial score (nSPS) is 21.0. The average molecular weight is 382 g/mol. The first kappa shape index (κ1) is 18.4. The number of hydrogen-bond donors (Lipinski definition) is 1. The monoisotopic (exact) mass is 381 g/mol. The van der Waals surface area contributed by atoms with E-state index in [9.17, 15) is 4.79 Å². The third kappa shape index (κ3) is 3.35. The number of aromatic nitrogens is 1. The molecule has 0 bridgehead atoms. The highest BCUT2D eigenvalue weighted by Crippen LogP contribution is 2.56. The number of halogens is 1. The number of aryl methyl sites for hydroxylation is 2. The minimum absolute atomic E-state index is 0. The van der Waals surface area contributed by atoms with Crippen LogP contribution in [0.1, 0.15) is 46.6 Å². The van der Waals surface area contributed by atoms with E-state index in [-0.39, 0.29) is 18.3 Å². The molecule has 2 aliphatic rings. The number of thiophene rings is 1. The molecule has 1 saturated heterocycles. The summed E-state index contributed by atoms with van der Waals surface area (Å²) in [5.74, 6) is 0.686. The van der Waals surface area contributed by atoms with Crippen LogP contribution in [-0.2, 0) is 6.54 Å². The van der Waals surface area contributed by atoms with E-state index >= 15 is 0 Å². The molecule has 4 rings (SSSR count). The number of carbonyl (C=O) groups excluding carboxylic acids is 1. The lowest BCUT2D eigenvalue weighted by molar-refractivity contribution is 0.0690. The maximum Gasteiger partial charge on any atom is 0.259 e. The van der Waals surface area contributed by atoms with Gasteiger partial charge in [-0.3, -0.25) is 4.79 Å². The molecule has 1 N–H and O–H groups in total. The molecule has 1 aliphatic heterocycles. The van der Waals surface area contributed by atoms with Gasteiger partial charge >= 0.3 is 0 Å². The molecule has 2 fully saturated rings. The van der Waals surface area contributed by atoms with E-state index in [1.807, 2.05) is 13.8 Å². The lowest BCUT2D eigenvalue weighted by atomic mass is 9.93. The topological polar surface area (TPSA) is 58.4 Å². The van der Waals surface area contributed by atoms with Gasteiger partial charge in [0.05, 0.1) is 5.69 Å². The molecule has 0 aromatic carbocycles. The zero-order chi connectivity index (χ0) is 16.7. The second-order valence-electron chi connectivity index (χ2n) is 7.10. The Morgan fingerprint density at radius 3 is 2.80 bits per heavy atom. The summed E-state index contributed by atoms with van der Waals surface area (Å²) in [6.45, 7) is 6.46. The molecule has 1 saturated carbocycles. The Morgan fingerprint density at radius 2 is 2.20 bits per heavy atom. The van der Waals surface area contributed by atoms with Crippen LogP contribution in [0.4, 0.5) is 0 Å². The standard InChI is InChI=1S/C18H23N3O2S.ClH/c1-12-16(13(2)23-20-12)17(22)21(10-14-3-8-24-11-14)15-9-18(15)4-6-19-7-5-18;/h3,8,11,15,19H,4-7,9-10H2,1-2H3;1H. The van der Waals surface area contributed by atoms with Crippen molar-refractivity contribution in [2.45, 2.75) is 45.7 Å². The number of piperidine rings is 1. The average Bonchev–Trinajstić information content (AvgIpc) is 2.91. The van der Waals surface area contributed by atoms with Crippen LogP contribution < -0.4 is 5.32 Å². The van der Waals surface area contributed by atoms with Crippen molar-refractivity contribution in [1.29, 1.82) is 0 Å². The van der Waals surface area contributed by atoms with Crippen LogP contribution in [0.25, 0.3) is 0 Å². The lowest BCUT2D eigenvalue weighted by Crippen LogP contribution is -2.39. The molecule has 1 atom stereocenters. The maximum absolute atomic E-state index is 13.3. The van der Waals surface area contributed by atoms with Crippen molar-refractivity contribution < 1.29 is 9.32 Å². The minimum atomic E-state index is 0. The van der Waals surface area contributed by atoms with Gasteiger partial charge in [0.25, 0.3) is 5.91 Å². The number of amides is 1. The fourth-order valence-electron chi connectivity index (χ4n) is 4.06. The molecule has 1 unspecified atom stereocenters. The summed E-state index contributed by atoms with van der Waals surface area (Å²) in [6.07, 6.45) is 3.44. The van der Waals surface area contributed by atoms with Crippen molar-refractivity contribution in [3.8, 4) is 0 Å². The van der Waals surface area contributed by atoms with E-state index in [0.717, 1.165) is 32.4 Å². The largest absolute Gasteiger partial charge is 0.361 e. The van der Waals surface area contributed by atoms with Crippen molar-refractivity contribution in [3.63, 3.8) is 0 Å².